The molecule has 0 spiro atoms. The molecule has 1 amide bonds. The van der Waals surface area contributed by atoms with Crippen LogP contribution in [0.1, 0.15) is 41.3 Å². The molecule has 21 heavy (non-hydrogen) atoms. The molecule has 0 unspecified atom stereocenters. The van der Waals surface area contributed by atoms with Gasteiger partial charge in [-0.1, -0.05) is 37.6 Å². The molecule has 108 valence electrons. The molecular weight excluding hydrogens is 260 g/mol. The summed E-state index contributed by atoms with van der Waals surface area (Å²) in [7, 11) is 0. The van der Waals surface area contributed by atoms with E-state index >= 15 is 0 Å². The van der Waals surface area contributed by atoms with E-state index in [4.69, 9.17) is 0 Å². The van der Waals surface area contributed by atoms with E-state index in [1.165, 1.54) is 0 Å². The molecule has 3 nitrogen and oxygen atoms in total. The number of unbranched alkanes of at least 4 members (excludes halogenated alkanes) is 1. The van der Waals surface area contributed by atoms with Gasteiger partial charge in [0.1, 0.15) is 0 Å². The largest absolute Gasteiger partial charge is 0.348 e. The van der Waals surface area contributed by atoms with E-state index in [1.54, 1.807) is 12.4 Å². The average molecular weight is 280 g/mol. The lowest BCUT2D eigenvalue weighted by atomic mass is 10.1. The smallest absolute Gasteiger partial charge is 0.251 e. The lowest BCUT2D eigenvalue weighted by Gasteiger charge is -2.05. The maximum atomic E-state index is 12.0. The third-order valence-electron chi connectivity index (χ3n) is 3.14. The fraction of sp³-hybridized carbons (Fsp3) is 0.222. The molecule has 0 saturated carbocycles. The summed E-state index contributed by atoms with van der Waals surface area (Å²) in [6.07, 6.45) is 9.90. The van der Waals surface area contributed by atoms with E-state index < -0.39 is 0 Å². The zero-order valence-corrected chi connectivity index (χ0v) is 12.3. The summed E-state index contributed by atoms with van der Waals surface area (Å²) in [6, 6.07) is 11.4. The van der Waals surface area contributed by atoms with Crippen molar-refractivity contribution in [1.82, 2.24) is 10.3 Å². The molecule has 2 aromatic rings. The number of hydrogen-bond donors (Lipinski definition) is 1. The topological polar surface area (TPSA) is 42.0 Å². The van der Waals surface area contributed by atoms with Gasteiger partial charge in [0.15, 0.2) is 0 Å². The molecule has 0 fully saturated rings. The summed E-state index contributed by atoms with van der Waals surface area (Å²) < 4.78 is 0. The van der Waals surface area contributed by atoms with Gasteiger partial charge in [-0.15, -0.1) is 0 Å². The van der Waals surface area contributed by atoms with E-state index in [0.717, 1.165) is 24.0 Å². The Morgan fingerprint density at radius 1 is 1.14 bits per heavy atom. The molecule has 1 N–H and O–H groups in total. The predicted octanol–water partition coefficient (Wildman–Crippen LogP) is 3.82. The Hall–Kier alpha value is -2.42. The minimum absolute atomic E-state index is 0.0594. The Morgan fingerprint density at radius 2 is 1.86 bits per heavy atom. The third kappa shape index (κ3) is 4.88. The first kappa shape index (κ1) is 15.0. The van der Waals surface area contributed by atoms with Crippen LogP contribution in [0.3, 0.4) is 0 Å². The summed E-state index contributed by atoms with van der Waals surface area (Å²) in [5.41, 5.74) is 2.84. The number of rotatable bonds is 6. The maximum absolute atomic E-state index is 12.0. The Balaban J connectivity index is 1.90. The lowest BCUT2D eigenvalue weighted by Crippen LogP contribution is -2.22. The quantitative estimate of drug-likeness (QED) is 0.874. The van der Waals surface area contributed by atoms with Gasteiger partial charge < -0.3 is 5.32 Å². The Bertz CT molecular complexity index is 588. The van der Waals surface area contributed by atoms with E-state index in [9.17, 15) is 4.79 Å². The normalized spacial score (nSPS) is 10.7. The maximum Gasteiger partial charge on any atom is 0.251 e. The van der Waals surface area contributed by atoms with Crippen molar-refractivity contribution in [2.24, 2.45) is 0 Å². The first-order valence-electron chi connectivity index (χ1n) is 7.23. The second-order valence-electron chi connectivity index (χ2n) is 4.85. The molecule has 0 aliphatic heterocycles. The van der Waals surface area contributed by atoms with Crippen LogP contribution in [0.2, 0.25) is 0 Å². The Labute approximate surface area is 125 Å². The van der Waals surface area contributed by atoms with Gasteiger partial charge >= 0.3 is 0 Å². The second kappa shape index (κ2) is 8.00. The van der Waals surface area contributed by atoms with Crippen molar-refractivity contribution >= 4 is 12.0 Å². The Kier molecular flexibility index (Phi) is 5.71. The highest BCUT2D eigenvalue weighted by Crippen LogP contribution is 2.07. The number of allylic oxidation sites excluding steroid dienone is 1. The van der Waals surface area contributed by atoms with Crippen molar-refractivity contribution in [2.75, 3.05) is 0 Å². The number of aromatic nitrogens is 1. The third-order valence-corrected chi connectivity index (χ3v) is 3.14. The molecule has 1 aromatic carbocycles. The van der Waals surface area contributed by atoms with Crippen molar-refractivity contribution in [1.29, 1.82) is 0 Å². The number of benzene rings is 1. The van der Waals surface area contributed by atoms with Crippen molar-refractivity contribution < 1.29 is 4.79 Å². The van der Waals surface area contributed by atoms with Gasteiger partial charge in [0.2, 0.25) is 0 Å². The minimum atomic E-state index is -0.0594. The van der Waals surface area contributed by atoms with Crippen LogP contribution in [0, 0.1) is 0 Å². The van der Waals surface area contributed by atoms with Crippen molar-refractivity contribution in [2.45, 2.75) is 26.3 Å². The van der Waals surface area contributed by atoms with Crippen LogP contribution in [0.4, 0.5) is 0 Å². The van der Waals surface area contributed by atoms with Crippen LogP contribution < -0.4 is 5.32 Å². The first-order valence-corrected chi connectivity index (χ1v) is 7.23. The summed E-state index contributed by atoms with van der Waals surface area (Å²) in [4.78, 5) is 16.0. The number of carbonyl (C=O) groups is 1. The van der Waals surface area contributed by atoms with Gasteiger partial charge in [-0.3, -0.25) is 9.78 Å². The van der Waals surface area contributed by atoms with Gasteiger partial charge in [0.25, 0.3) is 5.91 Å². The second-order valence-corrected chi connectivity index (χ2v) is 4.85. The molecule has 1 heterocycles. The molecule has 2 rings (SSSR count). The fourth-order valence-corrected chi connectivity index (χ4v) is 1.92. The van der Waals surface area contributed by atoms with Crippen LogP contribution in [0.5, 0.6) is 0 Å². The van der Waals surface area contributed by atoms with Crippen LogP contribution in [0.25, 0.3) is 6.08 Å². The molecule has 0 bridgehead atoms. The summed E-state index contributed by atoms with van der Waals surface area (Å²) in [5.74, 6) is -0.0594. The number of pyridine rings is 1. The van der Waals surface area contributed by atoms with E-state index in [-0.39, 0.29) is 5.91 Å². The van der Waals surface area contributed by atoms with E-state index in [1.807, 2.05) is 36.4 Å². The lowest BCUT2D eigenvalue weighted by molar-refractivity contribution is 0.0951. The molecule has 0 atom stereocenters. The molecule has 3 heteroatoms. The zero-order valence-electron chi connectivity index (χ0n) is 12.3. The fourth-order valence-electron chi connectivity index (χ4n) is 1.92. The number of carbonyl (C=O) groups excluding carboxylic acids is 1. The van der Waals surface area contributed by atoms with Crippen LogP contribution in [0.15, 0.2) is 54.9 Å². The molecule has 0 aliphatic rings. The van der Waals surface area contributed by atoms with Gasteiger partial charge in [0.05, 0.1) is 0 Å². The van der Waals surface area contributed by atoms with Crippen LogP contribution in [-0.2, 0) is 6.54 Å². The van der Waals surface area contributed by atoms with E-state index in [2.05, 4.69) is 29.4 Å². The molecule has 1 aromatic heterocycles. The Morgan fingerprint density at radius 3 is 2.52 bits per heavy atom. The number of hydrogen-bond acceptors (Lipinski definition) is 2. The zero-order chi connectivity index (χ0) is 14.9. The minimum Gasteiger partial charge on any atom is -0.348 e. The molecule has 0 radical (unpaired) electrons. The highest BCUT2D eigenvalue weighted by Gasteiger charge is 2.04. The van der Waals surface area contributed by atoms with Gasteiger partial charge in [-0.25, -0.2) is 0 Å². The van der Waals surface area contributed by atoms with E-state index in [0.29, 0.717) is 12.1 Å². The molecule has 0 saturated heterocycles. The van der Waals surface area contributed by atoms with Gasteiger partial charge in [-0.05, 0) is 41.8 Å². The summed E-state index contributed by atoms with van der Waals surface area (Å²) in [6.45, 7) is 2.67. The van der Waals surface area contributed by atoms with Gasteiger partial charge in [-0.2, -0.15) is 0 Å². The highest BCUT2D eigenvalue weighted by molar-refractivity contribution is 5.94. The molecule has 0 aliphatic carbocycles. The van der Waals surface area contributed by atoms with Gasteiger partial charge in [0, 0.05) is 24.5 Å². The number of nitrogens with zero attached hydrogens (tertiary/aromatic N) is 1. The van der Waals surface area contributed by atoms with Crippen molar-refractivity contribution in [3.8, 4) is 0 Å². The number of nitrogens with one attached hydrogen (secondary N) is 1. The monoisotopic (exact) mass is 280 g/mol. The number of amides is 1. The highest BCUT2D eigenvalue weighted by atomic mass is 16.1. The summed E-state index contributed by atoms with van der Waals surface area (Å²) >= 11 is 0. The SMILES string of the molecule is CCCC=Cc1ccc(C(=O)NCc2ccncc2)cc1. The summed E-state index contributed by atoms with van der Waals surface area (Å²) in [5, 5.41) is 2.90. The first-order chi connectivity index (χ1) is 10.3. The van der Waals surface area contributed by atoms with Crippen LogP contribution in [-0.4, -0.2) is 10.9 Å². The molecular formula is C18H20N2O. The average Bonchev–Trinajstić information content (AvgIpc) is 2.54. The predicted molar refractivity (Wildman–Crippen MR) is 85.8 cm³/mol. The van der Waals surface area contributed by atoms with Crippen LogP contribution >= 0.6 is 0 Å². The standard InChI is InChI=1S/C18H20N2O/c1-2-3-4-5-15-6-8-17(9-7-15)18(21)20-14-16-10-12-19-13-11-16/h4-13H,2-3,14H2,1H3,(H,20,21). The van der Waals surface area contributed by atoms with Crippen molar-refractivity contribution in [3.63, 3.8) is 0 Å². The van der Waals surface area contributed by atoms with Crippen molar-refractivity contribution in [3.05, 3.63) is 71.6 Å².